The lowest BCUT2D eigenvalue weighted by Crippen LogP contribution is -2.32. The summed E-state index contributed by atoms with van der Waals surface area (Å²) in [5.74, 6) is 1.65. The number of imidazole rings is 2. The molecule has 1 amide bonds. The van der Waals surface area contributed by atoms with Crippen LogP contribution in [0.25, 0.3) is 0 Å². The van der Waals surface area contributed by atoms with Gasteiger partial charge in [0.2, 0.25) is 5.91 Å². The molecule has 0 aliphatic carbocycles. The van der Waals surface area contributed by atoms with Gasteiger partial charge in [-0.2, -0.15) is 0 Å². The third kappa shape index (κ3) is 6.36. The van der Waals surface area contributed by atoms with Crippen molar-refractivity contribution in [3.05, 3.63) is 72.8 Å². The zero-order valence-corrected chi connectivity index (χ0v) is 20.6. The van der Waals surface area contributed by atoms with Gasteiger partial charge in [0.05, 0.1) is 61.6 Å². The minimum atomic E-state index is -0.0817. The van der Waals surface area contributed by atoms with Crippen LogP contribution in [0.15, 0.2) is 61.4 Å². The number of nitrogens with two attached hydrogens (primary N) is 1. The van der Waals surface area contributed by atoms with E-state index < -0.39 is 0 Å². The van der Waals surface area contributed by atoms with Gasteiger partial charge < -0.3 is 40.3 Å². The van der Waals surface area contributed by atoms with Crippen LogP contribution in [0, 0.1) is 0 Å². The maximum absolute atomic E-state index is 11.1. The number of hydrogen-bond acceptors (Lipinski definition) is 8. The first-order chi connectivity index (χ1) is 18.0. The van der Waals surface area contributed by atoms with Crippen LogP contribution >= 0.6 is 0 Å². The molecule has 0 spiro atoms. The molecular weight excluding hydrogens is 484 g/mol. The summed E-state index contributed by atoms with van der Waals surface area (Å²) in [6.45, 7) is 6.04. The number of rotatable bonds is 5. The average molecular weight is 519 g/mol. The number of H-pyrrole nitrogens is 2. The zero-order chi connectivity index (χ0) is 25.6. The van der Waals surface area contributed by atoms with Gasteiger partial charge in [0.25, 0.3) is 0 Å². The summed E-state index contributed by atoms with van der Waals surface area (Å²) in [5, 5.41) is 2.79. The van der Waals surface area contributed by atoms with Gasteiger partial charge in [0.15, 0.2) is 0 Å². The van der Waals surface area contributed by atoms with E-state index in [4.69, 9.17) is 15.2 Å². The van der Waals surface area contributed by atoms with Crippen LogP contribution in [-0.4, -0.2) is 52.1 Å². The van der Waals surface area contributed by atoms with E-state index in [9.17, 15) is 4.79 Å². The molecule has 0 unspecified atom stereocenters. The molecule has 0 fully saturated rings. The van der Waals surface area contributed by atoms with Gasteiger partial charge in [-0.1, -0.05) is 7.43 Å². The first-order valence-corrected chi connectivity index (χ1v) is 12.1. The molecule has 2 aromatic carbocycles. The van der Waals surface area contributed by atoms with Gasteiger partial charge in [0.1, 0.15) is 24.7 Å². The molecule has 0 atom stereocenters. The van der Waals surface area contributed by atoms with Crippen molar-refractivity contribution in [2.45, 2.75) is 27.4 Å². The van der Waals surface area contributed by atoms with E-state index in [1.54, 1.807) is 12.7 Å². The van der Waals surface area contributed by atoms with Gasteiger partial charge in [-0.15, -0.1) is 0 Å². The van der Waals surface area contributed by atoms with E-state index in [1.165, 1.54) is 6.92 Å². The Morgan fingerprint density at radius 3 is 2.00 bits per heavy atom. The Balaban J connectivity index is 0.000000174. The normalized spacial score (nSPS) is 13.5. The van der Waals surface area contributed by atoms with Gasteiger partial charge in [0, 0.05) is 30.7 Å². The molecule has 4 aromatic rings. The maximum Gasteiger partial charge on any atom is 0.221 e. The van der Waals surface area contributed by atoms with E-state index in [1.807, 2.05) is 48.8 Å². The summed E-state index contributed by atoms with van der Waals surface area (Å²) < 4.78 is 11.3. The number of amides is 1. The Morgan fingerprint density at radius 1 is 0.921 bits per heavy atom. The number of nitrogens with zero attached hydrogens (tertiary/aromatic N) is 4. The summed E-state index contributed by atoms with van der Waals surface area (Å²) in [4.78, 5) is 29.9. The van der Waals surface area contributed by atoms with Gasteiger partial charge >= 0.3 is 0 Å². The molecule has 2 aromatic heterocycles. The molecule has 2 aliphatic heterocycles. The highest BCUT2D eigenvalue weighted by Crippen LogP contribution is 2.35. The summed E-state index contributed by atoms with van der Waals surface area (Å²) in [6, 6.07) is 11.4. The topological polar surface area (TPSA) is 137 Å². The fourth-order valence-electron chi connectivity index (χ4n) is 4.33. The summed E-state index contributed by atoms with van der Waals surface area (Å²) in [7, 11) is 0. The fourth-order valence-corrected chi connectivity index (χ4v) is 4.33. The van der Waals surface area contributed by atoms with E-state index in [-0.39, 0.29) is 13.3 Å². The number of anilines is 4. The van der Waals surface area contributed by atoms with Crippen LogP contribution in [0.5, 0.6) is 11.5 Å². The Morgan fingerprint density at radius 2 is 1.47 bits per heavy atom. The van der Waals surface area contributed by atoms with Gasteiger partial charge in [-0.05, 0) is 36.4 Å². The van der Waals surface area contributed by atoms with Crippen molar-refractivity contribution in [2.24, 2.45) is 0 Å². The number of aromatic nitrogens is 4. The third-order valence-electron chi connectivity index (χ3n) is 6.01. The quantitative estimate of drug-likeness (QED) is 0.293. The maximum atomic E-state index is 11.1. The Bertz CT molecular complexity index is 1320. The minimum Gasteiger partial charge on any atom is -0.490 e. The molecule has 11 heteroatoms. The highest BCUT2D eigenvalue weighted by Gasteiger charge is 2.20. The summed E-state index contributed by atoms with van der Waals surface area (Å²) >= 11 is 0. The lowest BCUT2D eigenvalue weighted by Gasteiger charge is -2.31. The molecule has 2 aliphatic rings. The number of hydrogen-bond donors (Lipinski definition) is 4. The first-order valence-electron chi connectivity index (χ1n) is 12.1. The monoisotopic (exact) mass is 518 g/mol. The lowest BCUT2D eigenvalue weighted by molar-refractivity contribution is -0.114. The van der Waals surface area contributed by atoms with Crippen LogP contribution < -0.4 is 30.3 Å². The molecule has 0 radical (unpaired) electrons. The van der Waals surface area contributed by atoms with Crippen molar-refractivity contribution < 1.29 is 14.3 Å². The van der Waals surface area contributed by atoms with Gasteiger partial charge in [-0.3, -0.25) is 4.79 Å². The average Bonchev–Trinajstić information content (AvgIpc) is 3.60. The molecule has 11 nitrogen and oxygen atoms in total. The van der Waals surface area contributed by atoms with E-state index in [0.29, 0.717) is 13.2 Å². The van der Waals surface area contributed by atoms with Crippen LogP contribution in [0.3, 0.4) is 0 Å². The number of fused-ring (bicyclic) bond motifs is 2. The first kappa shape index (κ1) is 26.4. The predicted molar refractivity (Wildman–Crippen MR) is 149 cm³/mol. The Kier molecular flexibility index (Phi) is 8.37. The minimum absolute atomic E-state index is 0. The number of ether oxygens (including phenoxy) is 2. The van der Waals surface area contributed by atoms with Crippen LogP contribution in [0.4, 0.5) is 22.7 Å². The molecule has 4 heterocycles. The van der Waals surface area contributed by atoms with Crippen molar-refractivity contribution >= 4 is 28.7 Å². The Labute approximate surface area is 222 Å². The molecular formula is C27H34N8O3. The fraction of sp³-hybridized carbons (Fsp3) is 0.296. The summed E-state index contributed by atoms with van der Waals surface area (Å²) in [5.41, 5.74) is 11.5. The van der Waals surface area contributed by atoms with E-state index >= 15 is 0 Å². The van der Waals surface area contributed by atoms with Crippen LogP contribution in [-0.2, 0) is 17.9 Å². The molecule has 5 N–H and O–H groups in total. The largest absolute Gasteiger partial charge is 0.490 e. The summed E-state index contributed by atoms with van der Waals surface area (Å²) in [6.07, 6.45) is 7.01. The number of carbonyl (C=O) groups excluding carboxylic acids is 1. The number of nitrogen functional groups attached to an aromatic ring is 1. The third-order valence-corrected chi connectivity index (χ3v) is 6.01. The van der Waals surface area contributed by atoms with Crippen molar-refractivity contribution in [1.29, 1.82) is 0 Å². The smallest absolute Gasteiger partial charge is 0.221 e. The highest BCUT2D eigenvalue weighted by atomic mass is 16.5. The molecule has 0 saturated heterocycles. The van der Waals surface area contributed by atoms with E-state index in [2.05, 4.69) is 35.1 Å². The second kappa shape index (κ2) is 12.0. The second-order valence-electron chi connectivity index (χ2n) is 8.78. The standard InChI is InChI=1S/C14H16N4O2.C12H14N4O.CH4/c1-10(19)17-11-2-3-14-13(6-11)18(4-5-20-14)8-12-7-15-9-16-12;13-9-1-2-12-11(5-9)16(3-4-17-12)7-10-6-14-8-15-10;/h2-3,6-7,9H,4-5,8H2,1H3,(H,15,16)(H,17,19);1-2,5-6,8H,3-4,7,13H2,(H,14,15);1H4. The number of carbonyl (C=O) groups is 1. The van der Waals surface area contributed by atoms with Crippen LogP contribution in [0.2, 0.25) is 0 Å². The highest BCUT2D eigenvalue weighted by molar-refractivity contribution is 5.89. The zero-order valence-electron chi connectivity index (χ0n) is 20.6. The van der Waals surface area contributed by atoms with Crippen molar-refractivity contribution in [3.63, 3.8) is 0 Å². The van der Waals surface area contributed by atoms with Crippen molar-refractivity contribution in [1.82, 2.24) is 19.9 Å². The predicted octanol–water partition coefficient (Wildman–Crippen LogP) is 3.79. The molecule has 6 rings (SSSR count). The SMILES string of the molecule is C.CC(=O)Nc1ccc2c(c1)N(Cc1cnc[nH]1)CCO2.Nc1ccc2c(c1)N(Cc1cnc[nH]1)CCO2. The molecule has 200 valence electrons. The van der Waals surface area contributed by atoms with Gasteiger partial charge in [-0.25, -0.2) is 9.97 Å². The van der Waals surface area contributed by atoms with E-state index in [0.717, 1.165) is 71.8 Å². The van der Waals surface area contributed by atoms with Crippen molar-refractivity contribution in [2.75, 3.05) is 47.2 Å². The molecule has 0 bridgehead atoms. The number of nitrogens with one attached hydrogen (secondary N) is 3. The van der Waals surface area contributed by atoms with Crippen LogP contribution in [0.1, 0.15) is 25.7 Å². The number of aromatic amines is 2. The Hall–Kier alpha value is -4.67. The molecule has 0 saturated carbocycles. The molecule has 38 heavy (non-hydrogen) atoms. The van der Waals surface area contributed by atoms with Crippen molar-refractivity contribution in [3.8, 4) is 11.5 Å². The second-order valence-corrected chi connectivity index (χ2v) is 8.78. The lowest BCUT2D eigenvalue weighted by atomic mass is 10.2. The number of benzene rings is 2.